The number of ether oxygens (including phenoxy) is 1. The number of rotatable bonds is 6. The minimum absolute atomic E-state index is 0.0232. The van der Waals surface area contributed by atoms with Crippen LogP contribution < -0.4 is 15.0 Å². The normalized spacial score (nSPS) is 15.9. The molecule has 1 atom stereocenters. The van der Waals surface area contributed by atoms with Gasteiger partial charge >= 0.3 is 5.97 Å². The van der Waals surface area contributed by atoms with E-state index in [-0.39, 0.29) is 18.9 Å². The third-order valence-corrected chi connectivity index (χ3v) is 5.35. The minimum Gasteiger partial charge on any atom is -0.493 e. The molecule has 0 aromatic heterocycles. The molecule has 150 valence electrons. The number of nitrogens with one attached hydrogen (secondary N) is 1. The molecule has 0 bridgehead atoms. The summed E-state index contributed by atoms with van der Waals surface area (Å²) in [7, 11) is 0. The first kappa shape index (κ1) is 19.0. The Hall–Kier alpha value is -3.35. The number of carbonyl (C=O) groups excluding carboxylic acids is 2. The Morgan fingerprint density at radius 1 is 1.10 bits per heavy atom. The van der Waals surface area contributed by atoms with Gasteiger partial charge in [0.05, 0.1) is 6.61 Å². The SMILES string of the molecule is O=C(CCN1C(=O)CCc2ccccc21)NC(C(=O)O)c1ccc2c(c1)CCO2. The molecule has 2 aliphatic heterocycles. The van der Waals surface area contributed by atoms with Gasteiger partial charge in [-0.15, -0.1) is 0 Å². The monoisotopic (exact) mass is 394 g/mol. The van der Waals surface area contributed by atoms with Crippen LogP contribution in [-0.2, 0) is 27.2 Å². The predicted molar refractivity (Wildman–Crippen MR) is 106 cm³/mol. The number of carboxylic acids is 1. The Balaban J connectivity index is 1.43. The van der Waals surface area contributed by atoms with E-state index in [1.165, 1.54) is 0 Å². The quantitative estimate of drug-likeness (QED) is 0.783. The molecule has 0 radical (unpaired) electrons. The summed E-state index contributed by atoms with van der Waals surface area (Å²) in [6, 6.07) is 11.7. The second-order valence-electron chi connectivity index (χ2n) is 7.23. The lowest BCUT2D eigenvalue weighted by Crippen LogP contribution is -2.40. The zero-order chi connectivity index (χ0) is 20.4. The molecule has 0 fully saturated rings. The van der Waals surface area contributed by atoms with E-state index < -0.39 is 17.9 Å². The van der Waals surface area contributed by atoms with Crippen molar-refractivity contribution >= 4 is 23.5 Å². The van der Waals surface area contributed by atoms with E-state index in [1.807, 2.05) is 24.3 Å². The van der Waals surface area contributed by atoms with Gasteiger partial charge in [0, 0.05) is 31.5 Å². The molecule has 2 N–H and O–H groups in total. The first-order valence-electron chi connectivity index (χ1n) is 9.69. The van der Waals surface area contributed by atoms with Gasteiger partial charge in [-0.05, 0) is 41.3 Å². The lowest BCUT2D eigenvalue weighted by atomic mass is 10.0. The van der Waals surface area contributed by atoms with Gasteiger partial charge in [0.2, 0.25) is 11.8 Å². The summed E-state index contributed by atoms with van der Waals surface area (Å²) in [6.07, 6.45) is 1.85. The first-order valence-corrected chi connectivity index (χ1v) is 9.69. The van der Waals surface area contributed by atoms with Gasteiger partial charge in [-0.25, -0.2) is 4.79 Å². The maximum Gasteiger partial charge on any atom is 0.330 e. The Labute approximate surface area is 168 Å². The maximum absolute atomic E-state index is 12.5. The Kier molecular flexibility index (Phi) is 5.20. The van der Waals surface area contributed by atoms with Crippen LogP contribution in [0.4, 0.5) is 5.69 Å². The predicted octanol–water partition coefficient (Wildman–Crippen LogP) is 2.23. The zero-order valence-electron chi connectivity index (χ0n) is 15.9. The number of amides is 2. The largest absolute Gasteiger partial charge is 0.493 e. The summed E-state index contributed by atoms with van der Waals surface area (Å²) in [4.78, 5) is 38.2. The van der Waals surface area contributed by atoms with Gasteiger partial charge in [-0.1, -0.05) is 24.3 Å². The highest BCUT2D eigenvalue weighted by Crippen LogP contribution is 2.29. The van der Waals surface area contributed by atoms with E-state index in [2.05, 4.69) is 5.32 Å². The highest BCUT2D eigenvalue weighted by atomic mass is 16.5. The van der Waals surface area contributed by atoms with Gasteiger partial charge in [-0.2, -0.15) is 0 Å². The van der Waals surface area contributed by atoms with Crippen molar-refractivity contribution in [1.29, 1.82) is 0 Å². The van der Waals surface area contributed by atoms with E-state index in [4.69, 9.17) is 4.74 Å². The summed E-state index contributed by atoms with van der Waals surface area (Å²) in [5, 5.41) is 12.2. The van der Waals surface area contributed by atoms with Crippen LogP contribution in [0, 0.1) is 0 Å². The molecule has 2 heterocycles. The van der Waals surface area contributed by atoms with Crippen LogP contribution in [0.2, 0.25) is 0 Å². The van der Waals surface area contributed by atoms with Crippen molar-refractivity contribution in [2.45, 2.75) is 31.7 Å². The average Bonchev–Trinajstić information content (AvgIpc) is 3.19. The Morgan fingerprint density at radius 3 is 2.76 bits per heavy atom. The standard InChI is InChI=1S/C22H22N2O5/c25-19(9-11-24-17-4-2-1-3-14(17)6-8-20(24)26)23-21(22(27)28)16-5-7-18-15(13-16)10-12-29-18/h1-5,7,13,21H,6,8-12H2,(H,23,25)(H,27,28). The molecule has 7 heteroatoms. The number of aryl methyl sites for hydroxylation is 1. The molecule has 7 nitrogen and oxygen atoms in total. The van der Waals surface area contributed by atoms with Crippen LogP contribution in [0.3, 0.4) is 0 Å². The maximum atomic E-state index is 12.5. The number of carboxylic acid groups (broad SMARTS) is 1. The highest BCUT2D eigenvalue weighted by molar-refractivity contribution is 5.97. The van der Waals surface area contributed by atoms with Gasteiger partial charge in [-0.3, -0.25) is 9.59 Å². The number of nitrogens with zero attached hydrogens (tertiary/aromatic N) is 1. The fourth-order valence-electron chi connectivity index (χ4n) is 3.86. The summed E-state index contributed by atoms with van der Waals surface area (Å²) >= 11 is 0. The third kappa shape index (κ3) is 3.94. The molecule has 29 heavy (non-hydrogen) atoms. The van der Waals surface area contributed by atoms with Crippen LogP contribution in [0.25, 0.3) is 0 Å². The molecular weight excluding hydrogens is 372 g/mol. The molecule has 2 aliphatic rings. The number of hydrogen-bond acceptors (Lipinski definition) is 4. The van der Waals surface area contributed by atoms with E-state index in [0.29, 0.717) is 25.0 Å². The molecule has 1 unspecified atom stereocenters. The van der Waals surface area contributed by atoms with Crippen molar-refractivity contribution in [2.75, 3.05) is 18.1 Å². The number of hydrogen-bond donors (Lipinski definition) is 2. The summed E-state index contributed by atoms with van der Waals surface area (Å²) in [5.41, 5.74) is 3.36. The van der Waals surface area contributed by atoms with Crippen molar-refractivity contribution in [1.82, 2.24) is 5.32 Å². The Bertz CT molecular complexity index is 971. The lowest BCUT2D eigenvalue weighted by Gasteiger charge is -2.29. The molecule has 2 aromatic carbocycles. The van der Waals surface area contributed by atoms with Gasteiger partial charge in [0.15, 0.2) is 6.04 Å². The number of benzene rings is 2. The smallest absolute Gasteiger partial charge is 0.330 e. The van der Waals surface area contributed by atoms with Crippen molar-refractivity contribution in [2.24, 2.45) is 0 Å². The lowest BCUT2D eigenvalue weighted by molar-refractivity contribution is -0.142. The molecule has 4 rings (SSSR count). The fourth-order valence-corrected chi connectivity index (χ4v) is 3.86. The van der Waals surface area contributed by atoms with E-state index in [0.717, 1.165) is 29.0 Å². The summed E-state index contributed by atoms with van der Waals surface area (Å²) in [5.74, 6) is -0.807. The van der Waals surface area contributed by atoms with Crippen molar-refractivity contribution in [3.63, 3.8) is 0 Å². The summed E-state index contributed by atoms with van der Waals surface area (Å²) < 4.78 is 5.45. The number of aliphatic carboxylic acids is 1. The van der Waals surface area contributed by atoms with E-state index in [9.17, 15) is 19.5 Å². The molecule has 2 aromatic rings. The number of anilines is 1. The zero-order valence-corrected chi connectivity index (χ0v) is 15.9. The van der Waals surface area contributed by atoms with Gasteiger partial charge in [0.1, 0.15) is 5.75 Å². The fraction of sp³-hybridized carbons (Fsp3) is 0.318. The van der Waals surface area contributed by atoms with Gasteiger partial charge < -0.3 is 20.1 Å². The number of para-hydroxylation sites is 1. The molecule has 0 spiro atoms. The average molecular weight is 394 g/mol. The van der Waals surface area contributed by atoms with Gasteiger partial charge in [0.25, 0.3) is 0 Å². The minimum atomic E-state index is -1.14. The van der Waals surface area contributed by atoms with E-state index in [1.54, 1.807) is 23.1 Å². The summed E-state index contributed by atoms with van der Waals surface area (Å²) in [6.45, 7) is 0.792. The number of carbonyl (C=O) groups is 3. The third-order valence-electron chi connectivity index (χ3n) is 5.35. The molecule has 2 amide bonds. The topological polar surface area (TPSA) is 95.9 Å². The number of fused-ring (bicyclic) bond motifs is 2. The van der Waals surface area contributed by atoms with Crippen LogP contribution in [0.15, 0.2) is 42.5 Å². The van der Waals surface area contributed by atoms with E-state index >= 15 is 0 Å². The van der Waals surface area contributed by atoms with Crippen molar-refractivity contribution in [3.05, 3.63) is 59.2 Å². The van der Waals surface area contributed by atoms with Crippen molar-refractivity contribution < 1.29 is 24.2 Å². The second-order valence-corrected chi connectivity index (χ2v) is 7.23. The molecule has 0 saturated heterocycles. The molecule has 0 aliphatic carbocycles. The first-order chi connectivity index (χ1) is 14.0. The van der Waals surface area contributed by atoms with Crippen LogP contribution in [0.5, 0.6) is 5.75 Å². The molecule has 0 saturated carbocycles. The van der Waals surface area contributed by atoms with Crippen molar-refractivity contribution in [3.8, 4) is 5.75 Å². The van der Waals surface area contributed by atoms with Crippen LogP contribution >= 0.6 is 0 Å². The van der Waals surface area contributed by atoms with Crippen LogP contribution in [-0.4, -0.2) is 36.0 Å². The molecular formula is C22H22N2O5. The van der Waals surface area contributed by atoms with Crippen LogP contribution in [0.1, 0.15) is 35.6 Å². The Morgan fingerprint density at radius 2 is 1.93 bits per heavy atom. The highest BCUT2D eigenvalue weighted by Gasteiger charge is 2.27. The second kappa shape index (κ2) is 7.95.